The third-order valence-corrected chi connectivity index (χ3v) is 4.43. The fourth-order valence-electron chi connectivity index (χ4n) is 3.34. The Hall–Kier alpha value is -0.650. The van der Waals surface area contributed by atoms with Crippen molar-refractivity contribution in [3.8, 4) is 0 Å². The van der Waals surface area contributed by atoms with Gasteiger partial charge in [0.05, 0.1) is 31.5 Å². The first-order valence-corrected chi connectivity index (χ1v) is 7.76. The second-order valence-corrected chi connectivity index (χ2v) is 6.23. The summed E-state index contributed by atoms with van der Waals surface area (Å²) in [5, 5.41) is 3.61. The van der Waals surface area contributed by atoms with Crippen molar-refractivity contribution in [1.29, 1.82) is 0 Å². The van der Waals surface area contributed by atoms with Crippen LogP contribution in [0.2, 0.25) is 0 Å². The Morgan fingerprint density at radius 3 is 2.60 bits per heavy atom. The topological polar surface area (TPSA) is 50.8 Å². The fraction of sp³-hybridized carbons (Fsp3) is 0.933. The summed E-state index contributed by atoms with van der Waals surface area (Å²) in [4.78, 5) is 14.7. The highest BCUT2D eigenvalue weighted by molar-refractivity contribution is 5.89. The van der Waals surface area contributed by atoms with Gasteiger partial charge in [0.1, 0.15) is 0 Å². The number of amides is 1. The van der Waals surface area contributed by atoms with Crippen LogP contribution in [0, 0.1) is 5.92 Å². The maximum atomic E-state index is 12.7. The van der Waals surface area contributed by atoms with Gasteiger partial charge in [0.2, 0.25) is 5.91 Å². The lowest BCUT2D eigenvalue weighted by Crippen LogP contribution is -2.45. The van der Waals surface area contributed by atoms with Crippen molar-refractivity contribution >= 4 is 5.91 Å². The highest BCUT2D eigenvalue weighted by Gasteiger charge is 2.52. The van der Waals surface area contributed by atoms with E-state index in [-0.39, 0.29) is 17.6 Å². The van der Waals surface area contributed by atoms with Gasteiger partial charge in [-0.3, -0.25) is 10.1 Å². The Bertz CT molecular complexity index is 327. The highest BCUT2D eigenvalue weighted by atomic mass is 16.5. The summed E-state index contributed by atoms with van der Waals surface area (Å²) < 4.78 is 10.5. The van der Waals surface area contributed by atoms with Crippen LogP contribution in [0.3, 0.4) is 0 Å². The van der Waals surface area contributed by atoms with Gasteiger partial charge in [-0.2, -0.15) is 0 Å². The van der Waals surface area contributed by atoms with E-state index in [1.54, 1.807) is 7.11 Å². The van der Waals surface area contributed by atoms with Crippen molar-refractivity contribution in [2.75, 3.05) is 33.5 Å². The Labute approximate surface area is 122 Å². The van der Waals surface area contributed by atoms with Gasteiger partial charge in [-0.05, 0) is 18.8 Å². The Morgan fingerprint density at radius 1 is 1.30 bits per heavy atom. The average molecular weight is 284 g/mol. The molecule has 5 heteroatoms. The number of rotatable bonds is 7. The van der Waals surface area contributed by atoms with Crippen LogP contribution in [-0.2, 0) is 14.3 Å². The summed E-state index contributed by atoms with van der Waals surface area (Å²) >= 11 is 0. The third kappa shape index (κ3) is 3.15. The molecule has 1 spiro atoms. The van der Waals surface area contributed by atoms with E-state index in [2.05, 4.69) is 19.2 Å². The molecule has 0 bridgehead atoms. The summed E-state index contributed by atoms with van der Waals surface area (Å²) in [6.45, 7) is 6.76. The first-order chi connectivity index (χ1) is 9.60. The largest absolute Gasteiger partial charge is 0.382 e. The molecule has 1 saturated heterocycles. The molecule has 2 fully saturated rings. The number of methoxy groups -OCH3 is 1. The van der Waals surface area contributed by atoms with E-state index in [1.165, 1.54) is 0 Å². The molecule has 116 valence electrons. The molecule has 1 N–H and O–H groups in total. The molecule has 1 heterocycles. The molecule has 2 aliphatic rings. The third-order valence-electron chi connectivity index (χ3n) is 4.43. The van der Waals surface area contributed by atoms with Crippen molar-refractivity contribution in [2.24, 2.45) is 5.92 Å². The van der Waals surface area contributed by atoms with Crippen molar-refractivity contribution in [3.05, 3.63) is 0 Å². The highest BCUT2D eigenvalue weighted by Crippen LogP contribution is 2.37. The zero-order chi connectivity index (χ0) is 14.6. The van der Waals surface area contributed by atoms with Gasteiger partial charge in [-0.15, -0.1) is 0 Å². The van der Waals surface area contributed by atoms with Crippen LogP contribution in [-0.4, -0.2) is 56.0 Å². The number of nitrogens with one attached hydrogen (secondary N) is 1. The molecule has 0 aromatic rings. The normalized spacial score (nSPS) is 25.3. The van der Waals surface area contributed by atoms with Crippen LogP contribution in [0.5, 0.6) is 0 Å². The lowest BCUT2D eigenvalue weighted by atomic mass is 9.98. The summed E-state index contributed by atoms with van der Waals surface area (Å²) in [5.74, 6) is 0.696. The number of nitrogens with zero attached hydrogens (tertiary/aromatic N) is 1. The Balaban J connectivity index is 1.92. The smallest absolute Gasteiger partial charge is 0.244 e. The molecule has 1 atom stereocenters. The van der Waals surface area contributed by atoms with Crippen LogP contribution in [0.4, 0.5) is 0 Å². The van der Waals surface area contributed by atoms with Gasteiger partial charge in [0.25, 0.3) is 0 Å². The Morgan fingerprint density at radius 2 is 2.00 bits per heavy atom. The molecule has 1 aliphatic heterocycles. The van der Waals surface area contributed by atoms with Crippen molar-refractivity contribution in [1.82, 2.24) is 10.2 Å². The monoisotopic (exact) mass is 284 g/mol. The quantitative estimate of drug-likeness (QED) is 0.718. The molecule has 20 heavy (non-hydrogen) atoms. The summed E-state index contributed by atoms with van der Waals surface area (Å²) in [7, 11) is 1.66. The number of hydrogen-bond donors (Lipinski definition) is 1. The van der Waals surface area contributed by atoms with E-state index in [9.17, 15) is 4.79 Å². The molecule has 0 radical (unpaired) electrons. The lowest BCUT2D eigenvalue weighted by molar-refractivity contribution is -0.134. The van der Waals surface area contributed by atoms with Crippen molar-refractivity contribution in [2.45, 2.75) is 51.2 Å². The minimum atomic E-state index is -0.276. The van der Waals surface area contributed by atoms with Crippen molar-refractivity contribution in [3.63, 3.8) is 0 Å². The molecule has 0 aromatic heterocycles. The molecule has 1 aliphatic carbocycles. The van der Waals surface area contributed by atoms with Gasteiger partial charge in [-0.1, -0.05) is 26.7 Å². The molecular weight excluding hydrogens is 256 g/mol. The van der Waals surface area contributed by atoms with E-state index in [1.807, 2.05) is 4.90 Å². The maximum absolute atomic E-state index is 12.7. The zero-order valence-electron chi connectivity index (χ0n) is 13.0. The summed E-state index contributed by atoms with van der Waals surface area (Å²) in [6.07, 6.45) is 4.42. The minimum Gasteiger partial charge on any atom is -0.382 e. The SMILES string of the molecule is COCCOCCN1C(=O)C2(CCCC2)NC1C(C)C. The van der Waals surface area contributed by atoms with Gasteiger partial charge < -0.3 is 14.4 Å². The number of hydrogen-bond acceptors (Lipinski definition) is 4. The van der Waals surface area contributed by atoms with Crippen LogP contribution in [0.1, 0.15) is 39.5 Å². The predicted octanol–water partition coefficient (Wildman–Crippen LogP) is 1.38. The number of carbonyl (C=O) groups excluding carboxylic acids is 1. The van der Waals surface area contributed by atoms with Crippen LogP contribution in [0.15, 0.2) is 0 Å². The van der Waals surface area contributed by atoms with Crippen LogP contribution < -0.4 is 5.32 Å². The second-order valence-electron chi connectivity index (χ2n) is 6.23. The lowest BCUT2D eigenvalue weighted by Gasteiger charge is -2.27. The van der Waals surface area contributed by atoms with Crippen LogP contribution in [0.25, 0.3) is 0 Å². The fourth-order valence-corrected chi connectivity index (χ4v) is 3.34. The van der Waals surface area contributed by atoms with Crippen LogP contribution >= 0.6 is 0 Å². The average Bonchev–Trinajstić information content (AvgIpc) is 2.99. The second kappa shape index (κ2) is 6.87. The van der Waals surface area contributed by atoms with E-state index in [4.69, 9.17) is 9.47 Å². The first kappa shape index (κ1) is 15.7. The van der Waals surface area contributed by atoms with E-state index in [0.717, 1.165) is 25.7 Å². The van der Waals surface area contributed by atoms with Crippen molar-refractivity contribution < 1.29 is 14.3 Å². The van der Waals surface area contributed by atoms with E-state index < -0.39 is 0 Å². The van der Waals surface area contributed by atoms with Gasteiger partial charge in [-0.25, -0.2) is 0 Å². The molecule has 1 unspecified atom stereocenters. The van der Waals surface area contributed by atoms with Gasteiger partial charge >= 0.3 is 0 Å². The Kier molecular flexibility index (Phi) is 5.41. The molecule has 2 rings (SSSR count). The first-order valence-electron chi connectivity index (χ1n) is 7.76. The standard InChI is InChI=1S/C15H28N2O3/c1-12(2)13-16-15(6-4-5-7-15)14(18)17(13)8-9-20-11-10-19-3/h12-13,16H,4-11H2,1-3H3. The molecule has 5 nitrogen and oxygen atoms in total. The molecule has 1 amide bonds. The summed E-state index contributed by atoms with van der Waals surface area (Å²) in [5.41, 5.74) is -0.276. The maximum Gasteiger partial charge on any atom is 0.244 e. The van der Waals surface area contributed by atoms with Gasteiger partial charge in [0, 0.05) is 13.7 Å². The molecule has 1 saturated carbocycles. The number of carbonyl (C=O) groups is 1. The van der Waals surface area contributed by atoms with E-state index in [0.29, 0.717) is 32.3 Å². The molecule has 0 aromatic carbocycles. The van der Waals surface area contributed by atoms with Gasteiger partial charge in [0.15, 0.2) is 0 Å². The molecular formula is C15H28N2O3. The van der Waals surface area contributed by atoms with E-state index >= 15 is 0 Å². The summed E-state index contributed by atoms with van der Waals surface area (Å²) in [6, 6.07) is 0. The predicted molar refractivity (Wildman–Crippen MR) is 77.4 cm³/mol. The zero-order valence-corrected chi connectivity index (χ0v) is 13.0. The number of ether oxygens (including phenoxy) is 2. The minimum absolute atomic E-state index is 0.145.